The largest absolute Gasteiger partial charge is 0.484 e. The predicted molar refractivity (Wildman–Crippen MR) is 105 cm³/mol. The molecule has 0 bridgehead atoms. The van der Waals surface area contributed by atoms with E-state index in [1.807, 2.05) is 32.0 Å². The van der Waals surface area contributed by atoms with Gasteiger partial charge in [-0.25, -0.2) is 0 Å². The minimum atomic E-state index is -0.186. The molecule has 3 rings (SSSR count). The number of carbonyl (C=O) groups excluding carboxylic acids is 1. The molecule has 1 amide bonds. The second-order valence-electron chi connectivity index (χ2n) is 5.87. The molecule has 1 aromatic heterocycles. The summed E-state index contributed by atoms with van der Waals surface area (Å²) in [4.78, 5) is 12.0. The van der Waals surface area contributed by atoms with Gasteiger partial charge in [-0.2, -0.15) is 0 Å². The fourth-order valence-corrected chi connectivity index (χ4v) is 3.02. The van der Waals surface area contributed by atoms with Gasteiger partial charge in [0.25, 0.3) is 11.1 Å². The van der Waals surface area contributed by atoms with Crippen molar-refractivity contribution < 1.29 is 13.9 Å². The van der Waals surface area contributed by atoms with E-state index in [0.717, 1.165) is 28.6 Å². The fourth-order valence-electron chi connectivity index (χ4n) is 2.25. The van der Waals surface area contributed by atoms with E-state index in [0.29, 0.717) is 21.8 Å². The molecule has 2 aromatic carbocycles. The summed E-state index contributed by atoms with van der Waals surface area (Å²) in [6.45, 7) is 4.15. The van der Waals surface area contributed by atoms with Gasteiger partial charge in [0.2, 0.25) is 5.91 Å². The first-order valence-corrected chi connectivity index (χ1v) is 9.56. The van der Waals surface area contributed by atoms with Crippen molar-refractivity contribution in [3.63, 3.8) is 0 Å². The number of nitrogens with one attached hydrogen (secondary N) is 1. The molecule has 0 spiro atoms. The number of anilines is 1. The molecule has 1 N–H and O–H groups in total. The number of aryl methyl sites for hydroxylation is 2. The first-order chi connectivity index (χ1) is 13.0. The SMILES string of the molecule is Cc1ccc(C)c(OCc2nnc(SCC(=O)Nc3cccc(Cl)c3)o2)c1. The third-order valence-electron chi connectivity index (χ3n) is 3.58. The lowest BCUT2D eigenvalue weighted by molar-refractivity contribution is -0.113. The summed E-state index contributed by atoms with van der Waals surface area (Å²) in [7, 11) is 0. The predicted octanol–water partition coefficient (Wildman–Crippen LogP) is 4.65. The fraction of sp³-hybridized carbons (Fsp3) is 0.211. The Morgan fingerprint density at radius 3 is 2.89 bits per heavy atom. The molecule has 140 valence electrons. The Morgan fingerprint density at radius 1 is 1.22 bits per heavy atom. The van der Waals surface area contributed by atoms with Crippen molar-refractivity contribution >= 4 is 35.0 Å². The molecule has 0 radical (unpaired) electrons. The molecule has 8 heteroatoms. The van der Waals surface area contributed by atoms with Crippen LogP contribution < -0.4 is 10.1 Å². The number of thioether (sulfide) groups is 1. The van der Waals surface area contributed by atoms with Crippen LogP contribution in [0.15, 0.2) is 52.1 Å². The van der Waals surface area contributed by atoms with Crippen LogP contribution in [0.4, 0.5) is 5.69 Å². The van der Waals surface area contributed by atoms with Gasteiger partial charge in [0.1, 0.15) is 5.75 Å². The monoisotopic (exact) mass is 403 g/mol. The smallest absolute Gasteiger partial charge is 0.277 e. The summed E-state index contributed by atoms with van der Waals surface area (Å²) in [6.07, 6.45) is 0. The second kappa shape index (κ2) is 8.92. The van der Waals surface area contributed by atoms with Crippen molar-refractivity contribution in [2.75, 3.05) is 11.1 Å². The van der Waals surface area contributed by atoms with E-state index in [9.17, 15) is 4.79 Å². The number of hydrogen-bond donors (Lipinski definition) is 1. The molecule has 0 aliphatic carbocycles. The number of benzene rings is 2. The molecular weight excluding hydrogens is 386 g/mol. The van der Waals surface area contributed by atoms with Gasteiger partial charge in [0.05, 0.1) is 5.75 Å². The van der Waals surface area contributed by atoms with Crippen LogP contribution in [-0.2, 0) is 11.4 Å². The van der Waals surface area contributed by atoms with Crippen LogP contribution in [-0.4, -0.2) is 21.9 Å². The van der Waals surface area contributed by atoms with Gasteiger partial charge in [-0.3, -0.25) is 4.79 Å². The average molecular weight is 404 g/mol. The quantitative estimate of drug-likeness (QED) is 0.578. The second-order valence-corrected chi connectivity index (χ2v) is 7.23. The van der Waals surface area contributed by atoms with Crippen molar-refractivity contribution in [2.45, 2.75) is 25.7 Å². The Bertz CT molecular complexity index is 945. The molecule has 0 atom stereocenters. The zero-order valence-corrected chi connectivity index (χ0v) is 16.4. The molecular formula is C19H18ClN3O3S. The molecule has 0 aliphatic rings. The third-order valence-corrected chi connectivity index (χ3v) is 4.63. The van der Waals surface area contributed by atoms with Crippen LogP contribution in [0.5, 0.6) is 5.75 Å². The summed E-state index contributed by atoms with van der Waals surface area (Å²) in [5, 5.41) is 11.5. The number of nitrogens with zero attached hydrogens (tertiary/aromatic N) is 2. The first-order valence-electron chi connectivity index (χ1n) is 8.20. The molecule has 0 saturated heterocycles. The Balaban J connectivity index is 1.49. The maximum absolute atomic E-state index is 12.0. The maximum Gasteiger partial charge on any atom is 0.277 e. The van der Waals surface area contributed by atoms with Crippen LogP contribution in [0, 0.1) is 13.8 Å². The zero-order valence-electron chi connectivity index (χ0n) is 14.9. The molecule has 0 unspecified atom stereocenters. The van der Waals surface area contributed by atoms with Crippen molar-refractivity contribution in [1.29, 1.82) is 0 Å². The topological polar surface area (TPSA) is 77.2 Å². The minimum absolute atomic E-state index is 0.145. The Kier molecular flexibility index (Phi) is 6.36. The van der Waals surface area contributed by atoms with E-state index in [2.05, 4.69) is 15.5 Å². The highest BCUT2D eigenvalue weighted by Gasteiger charge is 2.11. The van der Waals surface area contributed by atoms with E-state index in [4.69, 9.17) is 20.8 Å². The van der Waals surface area contributed by atoms with Crippen molar-refractivity contribution in [3.8, 4) is 5.75 Å². The van der Waals surface area contributed by atoms with Gasteiger partial charge in [0, 0.05) is 10.7 Å². The minimum Gasteiger partial charge on any atom is -0.484 e. The molecule has 0 fully saturated rings. The van der Waals surface area contributed by atoms with Gasteiger partial charge in [-0.15, -0.1) is 10.2 Å². The zero-order chi connectivity index (χ0) is 19.2. The normalized spacial score (nSPS) is 10.6. The number of aromatic nitrogens is 2. The van der Waals surface area contributed by atoms with Crippen molar-refractivity contribution in [2.24, 2.45) is 0 Å². The number of halogens is 1. The highest BCUT2D eigenvalue weighted by molar-refractivity contribution is 7.99. The van der Waals surface area contributed by atoms with E-state index < -0.39 is 0 Å². The molecule has 6 nitrogen and oxygen atoms in total. The lowest BCUT2D eigenvalue weighted by Crippen LogP contribution is -2.13. The first kappa shape index (κ1) is 19.3. The standard InChI is InChI=1S/C19H18ClN3O3S/c1-12-6-7-13(2)16(8-12)25-10-18-22-23-19(26-18)27-11-17(24)21-15-5-3-4-14(20)9-15/h3-9H,10-11H2,1-2H3,(H,21,24). The van der Waals surface area contributed by atoms with Crippen LogP contribution in [0.3, 0.4) is 0 Å². The molecule has 0 aliphatic heterocycles. The van der Waals surface area contributed by atoms with Crippen LogP contribution >= 0.6 is 23.4 Å². The highest BCUT2D eigenvalue weighted by Crippen LogP contribution is 2.22. The number of carbonyl (C=O) groups is 1. The Labute approximate surface area is 166 Å². The van der Waals surface area contributed by atoms with E-state index in [1.54, 1.807) is 24.3 Å². The van der Waals surface area contributed by atoms with Crippen LogP contribution in [0.25, 0.3) is 0 Å². The van der Waals surface area contributed by atoms with Gasteiger partial charge in [-0.05, 0) is 49.2 Å². The van der Waals surface area contributed by atoms with E-state index in [-0.39, 0.29) is 18.3 Å². The molecule has 1 heterocycles. The molecule has 27 heavy (non-hydrogen) atoms. The molecule has 3 aromatic rings. The van der Waals surface area contributed by atoms with E-state index in [1.165, 1.54) is 0 Å². The summed E-state index contributed by atoms with van der Waals surface area (Å²) < 4.78 is 11.2. The Hall–Kier alpha value is -2.51. The number of hydrogen-bond acceptors (Lipinski definition) is 6. The lowest BCUT2D eigenvalue weighted by atomic mass is 10.1. The summed E-state index contributed by atoms with van der Waals surface area (Å²) in [5.74, 6) is 1.09. The van der Waals surface area contributed by atoms with Gasteiger partial charge in [-0.1, -0.05) is 41.6 Å². The summed E-state index contributed by atoms with van der Waals surface area (Å²) in [5.41, 5.74) is 2.79. The van der Waals surface area contributed by atoms with Gasteiger partial charge < -0.3 is 14.5 Å². The van der Waals surface area contributed by atoms with Crippen molar-refractivity contribution in [1.82, 2.24) is 10.2 Å². The van der Waals surface area contributed by atoms with Crippen LogP contribution in [0.1, 0.15) is 17.0 Å². The number of rotatable bonds is 7. The maximum atomic E-state index is 12.0. The van der Waals surface area contributed by atoms with E-state index >= 15 is 0 Å². The Morgan fingerprint density at radius 2 is 2.07 bits per heavy atom. The number of amides is 1. The third kappa shape index (κ3) is 5.74. The van der Waals surface area contributed by atoms with Gasteiger partial charge in [0.15, 0.2) is 6.61 Å². The van der Waals surface area contributed by atoms with Crippen molar-refractivity contribution in [3.05, 3.63) is 64.5 Å². The highest BCUT2D eigenvalue weighted by atomic mass is 35.5. The summed E-state index contributed by atoms with van der Waals surface area (Å²) >= 11 is 7.05. The number of ether oxygens (including phenoxy) is 1. The van der Waals surface area contributed by atoms with Gasteiger partial charge >= 0.3 is 0 Å². The molecule has 0 saturated carbocycles. The average Bonchev–Trinajstić information content (AvgIpc) is 3.09. The lowest BCUT2D eigenvalue weighted by Gasteiger charge is -2.07. The summed E-state index contributed by atoms with van der Waals surface area (Å²) in [6, 6.07) is 12.9. The van der Waals surface area contributed by atoms with Crippen LogP contribution in [0.2, 0.25) is 5.02 Å².